The van der Waals surface area contributed by atoms with Gasteiger partial charge in [0.15, 0.2) is 11.5 Å². The number of halogens is 5. The van der Waals surface area contributed by atoms with E-state index in [0.717, 1.165) is 6.07 Å². The Hall–Kier alpha value is -2.06. The monoisotopic (exact) mass is 404 g/mol. The minimum absolute atomic E-state index is 0.222. The van der Waals surface area contributed by atoms with Crippen LogP contribution in [-0.4, -0.2) is 28.7 Å². The lowest BCUT2D eigenvalue weighted by Crippen LogP contribution is -2.40. The van der Waals surface area contributed by atoms with Crippen LogP contribution in [0.1, 0.15) is 18.5 Å². The second-order valence-corrected chi connectivity index (χ2v) is 6.65. The lowest BCUT2D eigenvalue weighted by molar-refractivity contribution is -0.141. The first-order chi connectivity index (χ1) is 12.2. The maximum Gasteiger partial charge on any atom is 0.435 e. The zero-order chi connectivity index (χ0) is 18.9. The van der Waals surface area contributed by atoms with Gasteiger partial charge in [0.25, 0.3) is 0 Å². The highest BCUT2D eigenvalue weighted by molar-refractivity contribution is 6.35. The number of nitrogens with one attached hydrogen (secondary N) is 1. The zero-order valence-corrected chi connectivity index (χ0v) is 14.7. The Labute approximate surface area is 157 Å². The SMILES string of the molecule is O=C(Nc1cc(Cl)cc(Cl)c1)C1CCCN1c1ccc(C(F)(F)F)nn1. The molecule has 2 aromatic rings. The fourth-order valence-electron chi connectivity index (χ4n) is 2.79. The molecule has 1 unspecified atom stereocenters. The Bertz CT molecular complexity index is 794. The fourth-order valence-corrected chi connectivity index (χ4v) is 3.32. The van der Waals surface area contributed by atoms with Crippen molar-refractivity contribution in [3.8, 4) is 0 Å². The third-order valence-electron chi connectivity index (χ3n) is 3.92. The molecule has 0 radical (unpaired) electrons. The first kappa shape index (κ1) is 18.7. The molecule has 0 spiro atoms. The molecule has 1 atom stereocenters. The Morgan fingerprint density at radius 3 is 2.42 bits per heavy atom. The molecule has 2 heterocycles. The van der Waals surface area contributed by atoms with E-state index in [1.54, 1.807) is 23.1 Å². The Kier molecular flexibility index (Phi) is 5.24. The second-order valence-electron chi connectivity index (χ2n) is 5.77. The normalized spacial score (nSPS) is 17.4. The quantitative estimate of drug-likeness (QED) is 0.822. The lowest BCUT2D eigenvalue weighted by atomic mass is 10.2. The first-order valence-electron chi connectivity index (χ1n) is 7.68. The van der Waals surface area contributed by atoms with Crippen LogP contribution in [0.5, 0.6) is 0 Å². The number of rotatable bonds is 3. The van der Waals surface area contributed by atoms with Crippen molar-refractivity contribution in [2.24, 2.45) is 0 Å². The van der Waals surface area contributed by atoms with E-state index in [-0.39, 0.29) is 11.7 Å². The number of anilines is 2. The van der Waals surface area contributed by atoms with Crippen molar-refractivity contribution in [3.63, 3.8) is 0 Å². The molecule has 1 amide bonds. The maximum atomic E-state index is 12.6. The van der Waals surface area contributed by atoms with Crippen LogP contribution in [0, 0.1) is 0 Å². The van der Waals surface area contributed by atoms with E-state index in [9.17, 15) is 18.0 Å². The second kappa shape index (κ2) is 7.28. The van der Waals surface area contributed by atoms with Gasteiger partial charge in [0.05, 0.1) is 0 Å². The molecule has 1 aromatic heterocycles. The Balaban J connectivity index is 1.76. The number of aromatic nitrogens is 2. The number of nitrogens with zero attached hydrogens (tertiary/aromatic N) is 3. The number of carbonyl (C=O) groups excluding carboxylic acids is 1. The molecule has 1 aliphatic heterocycles. The predicted octanol–water partition coefficient (Wildman–Crippen LogP) is 4.41. The smallest absolute Gasteiger partial charge is 0.343 e. The first-order valence-corrected chi connectivity index (χ1v) is 8.44. The number of benzene rings is 1. The van der Waals surface area contributed by atoms with Crippen LogP contribution in [0.4, 0.5) is 24.7 Å². The van der Waals surface area contributed by atoms with Crippen LogP contribution in [0.3, 0.4) is 0 Å². The summed E-state index contributed by atoms with van der Waals surface area (Å²) in [7, 11) is 0. The van der Waals surface area contributed by atoms with E-state index in [0.29, 0.717) is 35.1 Å². The third kappa shape index (κ3) is 4.19. The molecule has 1 N–H and O–H groups in total. The van der Waals surface area contributed by atoms with Crippen molar-refractivity contribution in [2.75, 3.05) is 16.8 Å². The van der Waals surface area contributed by atoms with Crippen LogP contribution in [0.15, 0.2) is 30.3 Å². The average molecular weight is 405 g/mol. The molecular formula is C16H13Cl2F3N4O. The number of carbonyl (C=O) groups is 1. The Morgan fingerprint density at radius 1 is 1.15 bits per heavy atom. The summed E-state index contributed by atoms with van der Waals surface area (Å²) in [5.41, 5.74) is -0.632. The van der Waals surface area contributed by atoms with Gasteiger partial charge in [-0.1, -0.05) is 23.2 Å². The summed E-state index contributed by atoms with van der Waals surface area (Å²) in [6.45, 7) is 0.494. The van der Waals surface area contributed by atoms with Gasteiger partial charge in [-0.3, -0.25) is 4.79 Å². The molecule has 0 saturated carbocycles. The number of hydrogen-bond acceptors (Lipinski definition) is 4. The molecule has 1 aliphatic rings. The van der Waals surface area contributed by atoms with Gasteiger partial charge >= 0.3 is 6.18 Å². The molecule has 1 fully saturated rings. The molecule has 1 saturated heterocycles. The highest BCUT2D eigenvalue weighted by atomic mass is 35.5. The number of hydrogen-bond donors (Lipinski definition) is 1. The van der Waals surface area contributed by atoms with Gasteiger partial charge in [-0.25, -0.2) is 0 Å². The average Bonchev–Trinajstić information content (AvgIpc) is 3.03. The van der Waals surface area contributed by atoms with E-state index < -0.39 is 17.9 Å². The minimum atomic E-state index is -4.56. The molecule has 0 aliphatic carbocycles. The Morgan fingerprint density at radius 2 is 1.85 bits per heavy atom. The van der Waals surface area contributed by atoms with Crippen LogP contribution < -0.4 is 10.2 Å². The van der Waals surface area contributed by atoms with Crippen LogP contribution in [0.25, 0.3) is 0 Å². The van der Waals surface area contributed by atoms with E-state index >= 15 is 0 Å². The molecule has 138 valence electrons. The van der Waals surface area contributed by atoms with Gasteiger partial charge in [0, 0.05) is 22.3 Å². The third-order valence-corrected chi connectivity index (χ3v) is 4.36. The van der Waals surface area contributed by atoms with Crippen LogP contribution >= 0.6 is 23.2 Å². The predicted molar refractivity (Wildman–Crippen MR) is 92.5 cm³/mol. The molecule has 10 heteroatoms. The molecule has 5 nitrogen and oxygen atoms in total. The van der Waals surface area contributed by atoms with Crippen molar-refractivity contribution in [1.82, 2.24) is 10.2 Å². The summed E-state index contributed by atoms with van der Waals surface area (Å²) in [6, 6.07) is 6.16. The van der Waals surface area contributed by atoms with E-state index in [1.807, 2.05) is 0 Å². The van der Waals surface area contributed by atoms with Gasteiger partial charge < -0.3 is 10.2 Å². The summed E-state index contributed by atoms with van der Waals surface area (Å²) in [5.74, 6) is -0.0951. The highest BCUT2D eigenvalue weighted by Gasteiger charge is 2.35. The number of alkyl halides is 3. The van der Waals surface area contributed by atoms with Crippen LogP contribution in [0.2, 0.25) is 10.0 Å². The molecule has 26 heavy (non-hydrogen) atoms. The van der Waals surface area contributed by atoms with Gasteiger partial charge in [0.1, 0.15) is 6.04 Å². The maximum absolute atomic E-state index is 12.6. The van der Waals surface area contributed by atoms with Crippen molar-refractivity contribution < 1.29 is 18.0 Å². The van der Waals surface area contributed by atoms with Crippen molar-refractivity contribution >= 4 is 40.6 Å². The summed E-state index contributed by atoms with van der Waals surface area (Å²) in [4.78, 5) is 14.2. The minimum Gasteiger partial charge on any atom is -0.343 e. The fraction of sp³-hybridized carbons (Fsp3) is 0.312. The van der Waals surface area contributed by atoms with Gasteiger partial charge in [-0.2, -0.15) is 13.2 Å². The molecule has 0 bridgehead atoms. The zero-order valence-electron chi connectivity index (χ0n) is 13.2. The van der Waals surface area contributed by atoms with Crippen molar-refractivity contribution in [1.29, 1.82) is 0 Å². The van der Waals surface area contributed by atoms with Gasteiger partial charge in [0.2, 0.25) is 5.91 Å². The topological polar surface area (TPSA) is 58.1 Å². The van der Waals surface area contributed by atoms with Crippen molar-refractivity contribution in [2.45, 2.75) is 25.1 Å². The van der Waals surface area contributed by atoms with Crippen molar-refractivity contribution in [3.05, 3.63) is 46.1 Å². The molecule has 1 aromatic carbocycles. The van der Waals surface area contributed by atoms with Crippen LogP contribution in [-0.2, 0) is 11.0 Å². The largest absolute Gasteiger partial charge is 0.435 e. The van der Waals surface area contributed by atoms with E-state index in [2.05, 4.69) is 15.5 Å². The standard InChI is InChI=1S/C16H13Cl2F3N4O/c17-9-6-10(18)8-11(7-9)22-15(26)12-2-1-5-25(12)14-4-3-13(23-24-14)16(19,20)21/h3-4,6-8,12H,1-2,5H2,(H,22,26). The van der Waals surface area contributed by atoms with E-state index in [4.69, 9.17) is 23.2 Å². The molecular weight excluding hydrogens is 392 g/mol. The summed E-state index contributed by atoms with van der Waals surface area (Å²) in [5, 5.41) is 10.3. The highest BCUT2D eigenvalue weighted by Crippen LogP contribution is 2.30. The van der Waals surface area contributed by atoms with E-state index in [1.165, 1.54) is 6.07 Å². The molecule has 3 rings (SSSR count). The summed E-state index contributed by atoms with van der Waals surface area (Å²) in [6.07, 6.45) is -3.31. The van der Waals surface area contributed by atoms with Gasteiger partial charge in [-0.05, 0) is 43.2 Å². The van der Waals surface area contributed by atoms with Gasteiger partial charge in [-0.15, -0.1) is 10.2 Å². The number of amides is 1. The summed E-state index contributed by atoms with van der Waals surface area (Å²) < 4.78 is 37.8. The summed E-state index contributed by atoms with van der Waals surface area (Å²) >= 11 is 11.8. The lowest BCUT2D eigenvalue weighted by Gasteiger charge is -2.24.